The van der Waals surface area contributed by atoms with Crippen LogP contribution in [0.5, 0.6) is 5.75 Å². The van der Waals surface area contributed by atoms with Gasteiger partial charge in [-0.25, -0.2) is 0 Å². The molecule has 2 nitrogen and oxygen atoms in total. The monoisotopic (exact) mass is 249 g/mol. The molecule has 0 radical (unpaired) electrons. The summed E-state index contributed by atoms with van der Waals surface area (Å²) >= 11 is 0. The van der Waals surface area contributed by atoms with Crippen molar-refractivity contribution in [1.29, 1.82) is 0 Å². The lowest BCUT2D eigenvalue weighted by atomic mass is 10.2. The third-order valence-electron chi connectivity index (χ3n) is 2.56. The Kier molecular flexibility index (Phi) is 4.85. The van der Waals surface area contributed by atoms with Crippen LogP contribution in [0.4, 0.5) is 5.69 Å². The molecule has 0 aliphatic carbocycles. The number of nitrogens with two attached hydrogens (primary N) is 1. The van der Waals surface area contributed by atoms with Crippen LogP contribution in [0.2, 0.25) is 0 Å². The van der Waals surface area contributed by atoms with Crippen LogP contribution in [0.25, 0.3) is 0 Å². The summed E-state index contributed by atoms with van der Waals surface area (Å²) in [5, 5.41) is 0. The van der Waals surface area contributed by atoms with E-state index in [4.69, 9.17) is 10.5 Å². The van der Waals surface area contributed by atoms with Crippen molar-refractivity contribution in [3.05, 3.63) is 59.7 Å². The zero-order valence-electron chi connectivity index (χ0n) is 9.72. The molecule has 0 saturated carbocycles. The standard InChI is InChI=1S/C14H15NO.ClH/c1-11-13(15)8-5-9-14(11)16-10-12-6-3-2-4-7-12;/h2-9H,10,15H2,1H3;1H. The van der Waals surface area contributed by atoms with E-state index in [-0.39, 0.29) is 12.4 Å². The summed E-state index contributed by atoms with van der Waals surface area (Å²) in [7, 11) is 0. The summed E-state index contributed by atoms with van der Waals surface area (Å²) in [6, 6.07) is 15.8. The van der Waals surface area contributed by atoms with Gasteiger partial charge in [-0.2, -0.15) is 0 Å². The molecule has 2 aromatic carbocycles. The largest absolute Gasteiger partial charge is 0.489 e. The second kappa shape index (κ2) is 6.16. The Labute approximate surface area is 108 Å². The molecule has 2 rings (SSSR count). The fourth-order valence-electron chi connectivity index (χ4n) is 1.52. The maximum absolute atomic E-state index is 5.81. The summed E-state index contributed by atoms with van der Waals surface area (Å²) < 4.78 is 5.72. The second-order valence-corrected chi connectivity index (χ2v) is 3.74. The van der Waals surface area contributed by atoms with Crippen LogP contribution in [0, 0.1) is 6.92 Å². The summed E-state index contributed by atoms with van der Waals surface area (Å²) in [4.78, 5) is 0. The van der Waals surface area contributed by atoms with Crippen LogP contribution >= 0.6 is 12.4 Å². The molecule has 0 aromatic heterocycles. The first kappa shape index (κ1) is 13.4. The quantitative estimate of drug-likeness (QED) is 0.844. The SMILES string of the molecule is Cc1c(N)cccc1OCc1ccccc1.Cl. The Morgan fingerprint density at radius 2 is 1.71 bits per heavy atom. The van der Waals surface area contributed by atoms with Crippen LogP contribution in [-0.4, -0.2) is 0 Å². The average Bonchev–Trinajstić information content (AvgIpc) is 2.32. The molecular formula is C14H16ClNO. The van der Waals surface area contributed by atoms with Crippen LogP contribution in [0.1, 0.15) is 11.1 Å². The van der Waals surface area contributed by atoms with E-state index in [0.717, 1.165) is 22.6 Å². The zero-order chi connectivity index (χ0) is 11.4. The van der Waals surface area contributed by atoms with Crippen molar-refractivity contribution in [2.24, 2.45) is 0 Å². The van der Waals surface area contributed by atoms with Gasteiger partial charge in [-0.15, -0.1) is 12.4 Å². The molecule has 2 aromatic rings. The Balaban J connectivity index is 0.00000144. The molecule has 0 atom stereocenters. The van der Waals surface area contributed by atoms with E-state index in [9.17, 15) is 0 Å². The molecule has 0 bridgehead atoms. The fraction of sp³-hybridized carbons (Fsp3) is 0.143. The van der Waals surface area contributed by atoms with E-state index < -0.39 is 0 Å². The number of ether oxygens (including phenoxy) is 1. The smallest absolute Gasteiger partial charge is 0.124 e. The van der Waals surface area contributed by atoms with Gasteiger partial charge in [0.05, 0.1) is 0 Å². The zero-order valence-corrected chi connectivity index (χ0v) is 10.5. The van der Waals surface area contributed by atoms with Gasteiger partial charge in [0, 0.05) is 11.3 Å². The van der Waals surface area contributed by atoms with E-state index in [2.05, 4.69) is 0 Å². The number of benzene rings is 2. The number of halogens is 1. The predicted octanol–water partition coefficient (Wildman–Crippen LogP) is 3.58. The van der Waals surface area contributed by atoms with E-state index in [0.29, 0.717) is 6.61 Å². The highest BCUT2D eigenvalue weighted by Crippen LogP contribution is 2.23. The lowest BCUT2D eigenvalue weighted by Crippen LogP contribution is -1.98. The third kappa shape index (κ3) is 3.40. The van der Waals surface area contributed by atoms with Gasteiger partial charge in [0.2, 0.25) is 0 Å². The van der Waals surface area contributed by atoms with Crippen LogP contribution in [0.15, 0.2) is 48.5 Å². The molecule has 0 aliphatic rings. The highest BCUT2D eigenvalue weighted by Gasteiger charge is 2.02. The van der Waals surface area contributed by atoms with Crippen molar-refractivity contribution in [3.8, 4) is 5.75 Å². The summed E-state index contributed by atoms with van der Waals surface area (Å²) in [5.41, 5.74) is 8.73. The van der Waals surface area contributed by atoms with Gasteiger partial charge in [-0.1, -0.05) is 36.4 Å². The minimum atomic E-state index is 0. The van der Waals surface area contributed by atoms with E-state index >= 15 is 0 Å². The molecule has 0 amide bonds. The number of anilines is 1. The lowest BCUT2D eigenvalue weighted by Gasteiger charge is -2.10. The van der Waals surface area contributed by atoms with Crippen molar-refractivity contribution in [2.75, 3.05) is 5.73 Å². The lowest BCUT2D eigenvalue weighted by molar-refractivity contribution is 0.304. The Hall–Kier alpha value is -1.67. The molecule has 90 valence electrons. The van der Waals surface area contributed by atoms with Gasteiger partial charge < -0.3 is 10.5 Å². The highest BCUT2D eigenvalue weighted by molar-refractivity contribution is 5.85. The van der Waals surface area contributed by atoms with Crippen LogP contribution < -0.4 is 10.5 Å². The first-order valence-corrected chi connectivity index (χ1v) is 5.29. The molecule has 0 spiro atoms. The number of hydrogen-bond donors (Lipinski definition) is 1. The molecule has 17 heavy (non-hydrogen) atoms. The maximum atomic E-state index is 5.81. The van der Waals surface area contributed by atoms with Crippen LogP contribution in [0.3, 0.4) is 0 Å². The first-order valence-electron chi connectivity index (χ1n) is 5.29. The number of nitrogen functional groups attached to an aromatic ring is 1. The van der Waals surface area contributed by atoms with Gasteiger partial charge in [0.1, 0.15) is 12.4 Å². The minimum absolute atomic E-state index is 0. The van der Waals surface area contributed by atoms with Gasteiger partial charge in [0.15, 0.2) is 0 Å². The van der Waals surface area contributed by atoms with Crippen molar-refractivity contribution >= 4 is 18.1 Å². The Morgan fingerprint density at radius 3 is 2.41 bits per heavy atom. The van der Waals surface area contributed by atoms with E-state index in [1.165, 1.54) is 0 Å². The summed E-state index contributed by atoms with van der Waals surface area (Å²) in [6.07, 6.45) is 0. The molecule has 0 heterocycles. The van der Waals surface area contributed by atoms with Gasteiger partial charge >= 0.3 is 0 Å². The van der Waals surface area contributed by atoms with Crippen molar-refractivity contribution < 1.29 is 4.74 Å². The summed E-state index contributed by atoms with van der Waals surface area (Å²) in [5.74, 6) is 0.851. The topological polar surface area (TPSA) is 35.2 Å². The average molecular weight is 250 g/mol. The molecule has 2 N–H and O–H groups in total. The van der Waals surface area contributed by atoms with E-state index in [1.54, 1.807) is 0 Å². The second-order valence-electron chi connectivity index (χ2n) is 3.74. The van der Waals surface area contributed by atoms with E-state index in [1.807, 2.05) is 55.5 Å². The first-order chi connectivity index (χ1) is 7.77. The molecule has 0 unspecified atom stereocenters. The third-order valence-corrected chi connectivity index (χ3v) is 2.56. The number of hydrogen-bond acceptors (Lipinski definition) is 2. The van der Waals surface area contributed by atoms with Crippen LogP contribution in [-0.2, 0) is 6.61 Å². The van der Waals surface area contributed by atoms with Gasteiger partial charge in [-0.3, -0.25) is 0 Å². The maximum Gasteiger partial charge on any atom is 0.124 e. The molecule has 3 heteroatoms. The molecule has 0 saturated heterocycles. The number of rotatable bonds is 3. The minimum Gasteiger partial charge on any atom is -0.489 e. The van der Waals surface area contributed by atoms with Crippen molar-refractivity contribution in [3.63, 3.8) is 0 Å². The summed E-state index contributed by atoms with van der Waals surface area (Å²) in [6.45, 7) is 2.54. The Bertz CT molecular complexity index is 471. The van der Waals surface area contributed by atoms with Gasteiger partial charge in [0.25, 0.3) is 0 Å². The predicted molar refractivity (Wildman–Crippen MR) is 73.6 cm³/mol. The molecule has 0 fully saturated rings. The van der Waals surface area contributed by atoms with Crippen molar-refractivity contribution in [2.45, 2.75) is 13.5 Å². The molecule has 0 aliphatic heterocycles. The Morgan fingerprint density at radius 1 is 1.00 bits per heavy atom. The van der Waals surface area contributed by atoms with Gasteiger partial charge in [-0.05, 0) is 24.6 Å². The normalized spacial score (nSPS) is 9.47. The highest BCUT2D eigenvalue weighted by atomic mass is 35.5. The van der Waals surface area contributed by atoms with Crippen molar-refractivity contribution in [1.82, 2.24) is 0 Å². The fourth-order valence-corrected chi connectivity index (χ4v) is 1.52. The molecular weight excluding hydrogens is 234 g/mol.